The van der Waals surface area contributed by atoms with Crippen LogP contribution in [0.1, 0.15) is 36.8 Å². The number of aromatic nitrogens is 1. The van der Waals surface area contributed by atoms with Crippen LogP contribution in [0.3, 0.4) is 0 Å². The van der Waals surface area contributed by atoms with Gasteiger partial charge in [-0.05, 0) is 43.2 Å². The van der Waals surface area contributed by atoms with Crippen LogP contribution in [0.2, 0.25) is 5.02 Å². The van der Waals surface area contributed by atoms with E-state index in [0.29, 0.717) is 6.54 Å². The molecule has 1 N–H and O–H groups in total. The van der Waals surface area contributed by atoms with E-state index in [0.717, 1.165) is 40.8 Å². The molecule has 1 heterocycles. The van der Waals surface area contributed by atoms with Crippen molar-refractivity contribution in [2.75, 3.05) is 11.1 Å². The number of hydrogen-bond donors (Lipinski definition) is 1. The molecule has 1 aliphatic carbocycles. The summed E-state index contributed by atoms with van der Waals surface area (Å²) in [6.45, 7) is 2.84. The van der Waals surface area contributed by atoms with Gasteiger partial charge in [-0.1, -0.05) is 23.7 Å². The maximum Gasteiger partial charge on any atom is 0.140 e. The summed E-state index contributed by atoms with van der Waals surface area (Å²) in [6, 6.07) is 5.98. The topological polar surface area (TPSA) is 38.1 Å². The zero-order chi connectivity index (χ0) is 14.7. The van der Waals surface area contributed by atoms with Gasteiger partial charge < -0.3 is 9.84 Å². The molecule has 0 aliphatic heterocycles. The third-order valence-electron chi connectivity index (χ3n) is 3.72. The van der Waals surface area contributed by atoms with Gasteiger partial charge in [0.05, 0.1) is 6.54 Å². The van der Waals surface area contributed by atoms with Crippen LogP contribution in [0, 0.1) is 0 Å². The molecule has 2 aromatic rings. The number of thioether (sulfide) groups is 1. The second kappa shape index (κ2) is 6.75. The molecule has 1 aliphatic rings. The Kier molecular flexibility index (Phi) is 4.76. The molecule has 0 saturated heterocycles. The Bertz CT molecular complexity index is 627. The maximum absolute atomic E-state index is 6.11. The maximum atomic E-state index is 6.11. The molecule has 3 rings (SSSR count). The zero-order valence-corrected chi connectivity index (χ0v) is 13.7. The largest absolute Gasteiger partial charge is 0.378 e. The second-order valence-corrected chi connectivity index (χ2v) is 6.91. The molecule has 1 aromatic heterocycles. The molecule has 0 radical (unpaired) electrons. The van der Waals surface area contributed by atoms with E-state index in [2.05, 4.69) is 23.5 Å². The van der Waals surface area contributed by atoms with Gasteiger partial charge in [0.2, 0.25) is 0 Å². The van der Waals surface area contributed by atoms with Crippen LogP contribution in [0.15, 0.2) is 27.6 Å². The van der Waals surface area contributed by atoms with Crippen molar-refractivity contribution >= 4 is 29.1 Å². The smallest absolute Gasteiger partial charge is 0.140 e. The van der Waals surface area contributed by atoms with Gasteiger partial charge in [0.1, 0.15) is 11.5 Å². The van der Waals surface area contributed by atoms with Gasteiger partial charge in [-0.3, -0.25) is 0 Å². The fourth-order valence-electron chi connectivity index (χ4n) is 2.69. The van der Waals surface area contributed by atoms with E-state index in [4.69, 9.17) is 16.1 Å². The molecule has 0 bridgehead atoms. The SMILES string of the molecule is CCSc1ccc(Cl)cc1NCc1noc2c1CCCC2. The Morgan fingerprint density at radius 2 is 2.19 bits per heavy atom. The number of hydrogen-bond acceptors (Lipinski definition) is 4. The van der Waals surface area contributed by atoms with Crippen LogP contribution in [0.25, 0.3) is 0 Å². The number of halogens is 1. The van der Waals surface area contributed by atoms with Crippen LogP contribution < -0.4 is 5.32 Å². The summed E-state index contributed by atoms with van der Waals surface area (Å²) in [6.07, 6.45) is 4.55. The van der Waals surface area contributed by atoms with Crippen molar-refractivity contribution in [2.45, 2.75) is 44.0 Å². The lowest BCUT2D eigenvalue weighted by molar-refractivity contribution is 0.368. The Hall–Kier alpha value is -1.13. The van der Waals surface area contributed by atoms with Crippen molar-refractivity contribution in [3.8, 4) is 0 Å². The van der Waals surface area contributed by atoms with E-state index in [-0.39, 0.29) is 0 Å². The van der Waals surface area contributed by atoms with E-state index in [1.807, 2.05) is 23.9 Å². The first-order valence-corrected chi connectivity index (χ1v) is 8.77. The molecule has 21 heavy (non-hydrogen) atoms. The summed E-state index contributed by atoms with van der Waals surface area (Å²) in [5.74, 6) is 2.11. The predicted octanol–water partition coefficient (Wildman–Crippen LogP) is 4.93. The molecule has 0 atom stereocenters. The molecule has 0 amide bonds. The van der Waals surface area contributed by atoms with Crippen LogP contribution in [0.5, 0.6) is 0 Å². The van der Waals surface area contributed by atoms with Gasteiger partial charge in [-0.15, -0.1) is 11.8 Å². The van der Waals surface area contributed by atoms with Crippen molar-refractivity contribution in [2.24, 2.45) is 0 Å². The highest BCUT2D eigenvalue weighted by atomic mass is 35.5. The number of rotatable bonds is 5. The van der Waals surface area contributed by atoms with E-state index >= 15 is 0 Å². The van der Waals surface area contributed by atoms with Gasteiger partial charge in [-0.25, -0.2) is 0 Å². The molecule has 112 valence electrons. The molecule has 0 saturated carbocycles. The molecule has 3 nitrogen and oxygen atoms in total. The Balaban J connectivity index is 1.75. The van der Waals surface area contributed by atoms with Gasteiger partial charge >= 0.3 is 0 Å². The lowest BCUT2D eigenvalue weighted by Crippen LogP contribution is -2.06. The number of anilines is 1. The highest BCUT2D eigenvalue weighted by molar-refractivity contribution is 7.99. The van der Waals surface area contributed by atoms with Crippen molar-refractivity contribution in [3.05, 3.63) is 40.2 Å². The van der Waals surface area contributed by atoms with E-state index in [9.17, 15) is 0 Å². The van der Waals surface area contributed by atoms with Gasteiger partial charge in [0.25, 0.3) is 0 Å². The number of nitrogens with zero attached hydrogens (tertiary/aromatic N) is 1. The predicted molar refractivity (Wildman–Crippen MR) is 88.3 cm³/mol. The van der Waals surface area contributed by atoms with Crippen molar-refractivity contribution in [1.29, 1.82) is 0 Å². The van der Waals surface area contributed by atoms with Crippen LogP contribution in [-0.2, 0) is 19.4 Å². The summed E-state index contributed by atoms with van der Waals surface area (Å²) >= 11 is 7.92. The van der Waals surface area contributed by atoms with E-state index in [1.54, 1.807) is 0 Å². The minimum Gasteiger partial charge on any atom is -0.378 e. The molecular weight excluding hydrogens is 304 g/mol. The van der Waals surface area contributed by atoms with Crippen LogP contribution >= 0.6 is 23.4 Å². The molecule has 1 aromatic carbocycles. The second-order valence-electron chi connectivity index (χ2n) is 5.17. The standard InChI is InChI=1S/C16H19ClN2OS/c1-2-21-16-8-7-11(17)9-13(16)18-10-14-12-5-3-4-6-15(12)20-19-14/h7-9,18H,2-6,10H2,1H3. The number of aryl methyl sites for hydroxylation is 1. The zero-order valence-electron chi connectivity index (χ0n) is 12.1. The van der Waals surface area contributed by atoms with Crippen molar-refractivity contribution in [1.82, 2.24) is 5.16 Å². The molecule has 0 fully saturated rings. The van der Waals surface area contributed by atoms with Crippen molar-refractivity contribution < 1.29 is 4.52 Å². The fraction of sp³-hybridized carbons (Fsp3) is 0.438. The monoisotopic (exact) mass is 322 g/mol. The average Bonchev–Trinajstić information content (AvgIpc) is 2.91. The molecular formula is C16H19ClN2OS. The molecule has 0 unspecified atom stereocenters. The number of fused-ring (bicyclic) bond motifs is 1. The van der Waals surface area contributed by atoms with Crippen LogP contribution in [-0.4, -0.2) is 10.9 Å². The first kappa shape index (κ1) is 14.8. The third kappa shape index (κ3) is 3.38. The molecule has 0 spiro atoms. The Morgan fingerprint density at radius 3 is 3.05 bits per heavy atom. The highest BCUT2D eigenvalue weighted by Crippen LogP contribution is 2.31. The highest BCUT2D eigenvalue weighted by Gasteiger charge is 2.19. The minimum absolute atomic E-state index is 0.691. The number of nitrogens with one attached hydrogen (secondary N) is 1. The van der Waals surface area contributed by atoms with Crippen LogP contribution in [0.4, 0.5) is 5.69 Å². The lowest BCUT2D eigenvalue weighted by Gasteiger charge is -2.12. The Labute approximate surface area is 134 Å². The van der Waals surface area contributed by atoms with Gasteiger partial charge in [0.15, 0.2) is 0 Å². The normalized spacial score (nSPS) is 14.0. The number of benzene rings is 1. The first-order chi connectivity index (χ1) is 10.3. The van der Waals surface area contributed by atoms with Gasteiger partial charge in [-0.2, -0.15) is 0 Å². The summed E-state index contributed by atoms with van der Waals surface area (Å²) in [5.41, 5.74) is 3.42. The summed E-state index contributed by atoms with van der Waals surface area (Å²) in [7, 11) is 0. The quantitative estimate of drug-likeness (QED) is 0.792. The summed E-state index contributed by atoms with van der Waals surface area (Å²) in [5, 5.41) is 8.45. The van der Waals surface area contributed by atoms with Gasteiger partial charge in [0, 0.05) is 27.6 Å². The van der Waals surface area contributed by atoms with E-state index < -0.39 is 0 Å². The average molecular weight is 323 g/mol. The summed E-state index contributed by atoms with van der Waals surface area (Å²) < 4.78 is 5.46. The summed E-state index contributed by atoms with van der Waals surface area (Å²) in [4.78, 5) is 1.22. The Morgan fingerprint density at radius 1 is 1.33 bits per heavy atom. The lowest BCUT2D eigenvalue weighted by atomic mass is 9.96. The fourth-order valence-corrected chi connectivity index (χ4v) is 3.62. The first-order valence-electron chi connectivity index (χ1n) is 7.40. The van der Waals surface area contributed by atoms with E-state index in [1.165, 1.54) is 23.3 Å². The molecule has 5 heteroatoms. The minimum atomic E-state index is 0.691. The van der Waals surface area contributed by atoms with Crippen molar-refractivity contribution in [3.63, 3.8) is 0 Å². The third-order valence-corrected chi connectivity index (χ3v) is 4.91.